The SMILES string of the molecule is O=C1CCN(CCCOc2ccc(-c3noc(=O)[nH]3)nc2)CC1. The molecule has 1 fully saturated rings. The number of piperidine rings is 1. The number of hydrogen-bond donors (Lipinski definition) is 1. The minimum atomic E-state index is -0.610. The first kappa shape index (κ1) is 15.4. The van der Waals surface area contributed by atoms with Crippen LogP contribution in [-0.4, -0.2) is 52.0 Å². The molecule has 0 radical (unpaired) electrons. The average Bonchev–Trinajstić information content (AvgIpc) is 3.00. The van der Waals surface area contributed by atoms with Gasteiger partial charge < -0.3 is 9.64 Å². The molecule has 0 bridgehead atoms. The Hall–Kier alpha value is -2.48. The first-order valence-electron chi connectivity index (χ1n) is 7.60. The number of aromatic nitrogens is 3. The number of carbonyl (C=O) groups is 1. The third-order valence-corrected chi connectivity index (χ3v) is 3.72. The average molecular weight is 318 g/mol. The highest BCUT2D eigenvalue weighted by atomic mass is 16.5. The summed E-state index contributed by atoms with van der Waals surface area (Å²) in [5, 5.41) is 3.57. The van der Waals surface area contributed by atoms with Crippen molar-refractivity contribution in [1.29, 1.82) is 0 Å². The van der Waals surface area contributed by atoms with Crippen LogP contribution in [0, 0.1) is 0 Å². The maximum atomic E-state index is 11.2. The zero-order valence-corrected chi connectivity index (χ0v) is 12.7. The van der Waals surface area contributed by atoms with Crippen LogP contribution in [-0.2, 0) is 4.79 Å². The Bertz CT molecular complexity index is 697. The monoisotopic (exact) mass is 318 g/mol. The van der Waals surface area contributed by atoms with Gasteiger partial charge in [-0.3, -0.25) is 14.3 Å². The van der Waals surface area contributed by atoms with Gasteiger partial charge in [0.05, 0.1) is 12.8 Å². The van der Waals surface area contributed by atoms with Crippen molar-refractivity contribution in [2.75, 3.05) is 26.2 Å². The second-order valence-corrected chi connectivity index (χ2v) is 5.41. The fourth-order valence-corrected chi connectivity index (χ4v) is 2.45. The minimum Gasteiger partial charge on any atom is -0.492 e. The molecular formula is C15H18N4O4. The van der Waals surface area contributed by atoms with Crippen LogP contribution in [0.25, 0.3) is 11.5 Å². The number of H-pyrrole nitrogens is 1. The molecule has 1 N–H and O–H groups in total. The Kier molecular flexibility index (Phi) is 4.82. The van der Waals surface area contributed by atoms with Gasteiger partial charge in [-0.15, -0.1) is 0 Å². The number of Topliss-reactive ketones (excluding diaryl/α,β-unsaturated/α-hetero) is 1. The number of rotatable bonds is 6. The van der Waals surface area contributed by atoms with Gasteiger partial charge in [0.1, 0.15) is 17.2 Å². The second-order valence-electron chi connectivity index (χ2n) is 5.41. The summed E-state index contributed by atoms with van der Waals surface area (Å²) in [5.74, 6) is 0.702. The normalized spacial score (nSPS) is 15.7. The Morgan fingerprint density at radius 1 is 1.26 bits per heavy atom. The summed E-state index contributed by atoms with van der Waals surface area (Å²) < 4.78 is 10.1. The molecule has 0 amide bonds. The molecule has 3 heterocycles. The molecule has 122 valence electrons. The molecule has 0 aromatic carbocycles. The fraction of sp³-hybridized carbons (Fsp3) is 0.467. The van der Waals surface area contributed by atoms with Crippen LogP contribution in [0.15, 0.2) is 27.6 Å². The number of carbonyl (C=O) groups excluding carboxylic acids is 1. The van der Waals surface area contributed by atoms with E-state index in [-0.39, 0.29) is 0 Å². The third-order valence-electron chi connectivity index (χ3n) is 3.72. The lowest BCUT2D eigenvalue weighted by atomic mass is 10.1. The number of aromatic amines is 1. The smallest absolute Gasteiger partial charge is 0.439 e. The van der Waals surface area contributed by atoms with Gasteiger partial charge in [-0.1, -0.05) is 5.16 Å². The van der Waals surface area contributed by atoms with Crippen molar-refractivity contribution in [2.24, 2.45) is 0 Å². The van der Waals surface area contributed by atoms with Crippen molar-refractivity contribution >= 4 is 5.78 Å². The summed E-state index contributed by atoms with van der Waals surface area (Å²) >= 11 is 0. The van der Waals surface area contributed by atoms with Crippen molar-refractivity contribution in [3.63, 3.8) is 0 Å². The summed E-state index contributed by atoms with van der Waals surface area (Å²) in [6.07, 6.45) is 3.81. The van der Waals surface area contributed by atoms with Crippen LogP contribution in [0.2, 0.25) is 0 Å². The van der Waals surface area contributed by atoms with E-state index in [4.69, 9.17) is 4.74 Å². The summed E-state index contributed by atoms with van der Waals surface area (Å²) in [4.78, 5) is 31.0. The highest BCUT2D eigenvalue weighted by Gasteiger charge is 2.15. The standard InChI is InChI=1S/C15H18N4O4/c20-11-4-7-19(8-5-11)6-1-9-22-12-2-3-13(16-10-12)14-17-15(21)23-18-14/h2-3,10H,1,4-9H2,(H,17,18,21). The molecule has 2 aromatic rings. The van der Waals surface area contributed by atoms with Crippen molar-refractivity contribution in [3.8, 4) is 17.3 Å². The number of nitrogens with zero attached hydrogens (tertiary/aromatic N) is 3. The van der Waals surface area contributed by atoms with E-state index in [1.165, 1.54) is 0 Å². The van der Waals surface area contributed by atoms with Gasteiger partial charge in [0.2, 0.25) is 5.82 Å². The van der Waals surface area contributed by atoms with Gasteiger partial charge in [-0.2, -0.15) is 0 Å². The van der Waals surface area contributed by atoms with Crippen LogP contribution in [0.1, 0.15) is 19.3 Å². The lowest BCUT2D eigenvalue weighted by Gasteiger charge is -2.25. The Labute approximate surface area is 132 Å². The summed E-state index contributed by atoms with van der Waals surface area (Å²) in [6.45, 7) is 3.22. The molecule has 1 saturated heterocycles. The number of likely N-dealkylation sites (tertiary alicyclic amines) is 1. The fourth-order valence-electron chi connectivity index (χ4n) is 2.45. The van der Waals surface area contributed by atoms with Gasteiger partial charge in [0.25, 0.3) is 0 Å². The van der Waals surface area contributed by atoms with Crippen molar-refractivity contribution in [3.05, 3.63) is 28.9 Å². The number of ether oxygens (including phenoxy) is 1. The molecule has 0 atom stereocenters. The van der Waals surface area contributed by atoms with Crippen LogP contribution in [0.4, 0.5) is 0 Å². The van der Waals surface area contributed by atoms with E-state index < -0.39 is 5.76 Å². The Balaban J connectivity index is 1.42. The minimum absolute atomic E-state index is 0.293. The van der Waals surface area contributed by atoms with E-state index in [0.717, 1.165) is 26.1 Å². The molecule has 0 unspecified atom stereocenters. The summed E-state index contributed by atoms with van der Waals surface area (Å²) in [5.41, 5.74) is 0.515. The van der Waals surface area contributed by atoms with Crippen molar-refractivity contribution < 1.29 is 14.1 Å². The maximum absolute atomic E-state index is 11.2. The number of nitrogens with one attached hydrogen (secondary N) is 1. The lowest BCUT2D eigenvalue weighted by molar-refractivity contribution is -0.121. The zero-order chi connectivity index (χ0) is 16.1. The second kappa shape index (κ2) is 7.19. The van der Waals surface area contributed by atoms with Gasteiger partial charge in [-0.05, 0) is 18.6 Å². The Morgan fingerprint density at radius 2 is 2.09 bits per heavy atom. The lowest BCUT2D eigenvalue weighted by Crippen LogP contribution is -2.34. The predicted molar refractivity (Wildman–Crippen MR) is 81.1 cm³/mol. The number of hydrogen-bond acceptors (Lipinski definition) is 7. The zero-order valence-electron chi connectivity index (χ0n) is 12.7. The van der Waals surface area contributed by atoms with Gasteiger partial charge >= 0.3 is 5.76 Å². The molecule has 23 heavy (non-hydrogen) atoms. The first-order chi connectivity index (χ1) is 11.2. The molecule has 0 aliphatic carbocycles. The van der Waals surface area contributed by atoms with Crippen molar-refractivity contribution in [2.45, 2.75) is 19.3 Å². The van der Waals surface area contributed by atoms with Crippen molar-refractivity contribution in [1.82, 2.24) is 20.0 Å². The van der Waals surface area contributed by atoms with Gasteiger partial charge in [-0.25, -0.2) is 9.78 Å². The molecule has 2 aromatic heterocycles. The third kappa shape index (κ3) is 4.26. The van der Waals surface area contributed by atoms with Crippen LogP contribution < -0.4 is 10.5 Å². The van der Waals surface area contributed by atoms with E-state index >= 15 is 0 Å². The highest BCUT2D eigenvalue weighted by molar-refractivity contribution is 5.79. The molecule has 0 saturated carbocycles. The van der Waals surface area contributed by atoms with Crippen LogP contribution in [0.5, 0.6) is 5.75 Å². The topological polar surface area (TPSA) is 101 Å². The maximum Gasteiger partial charge on any atom is 0.439 e. The molecule has 1 aliphatic heterocycles. The van der Waals surface area contributed by atoms with Crippen LogP contribution in [0.3, 0.4) is 0 Å². The summed E-state index contributed by atoms with van der Waals surface area (Å²) in [7, 11) is 0. The Morgan fingerprint density at radius 3 is 2.74 bits per heavy atom. The molecular weight excluding hydrogens is 300 g/mol. The molecule has 3 rings (SSSR count). The van der Waals surface area contributed by atoms with Crippen LogP contribution >= 0.6 is 0 Å². The number of pyridine rings is 1. The van der Waals surface area contributed by atoms with E-state index in [1.54, 1.807) is 18.3 Å². The van der Waals surface area contributed by atoms with E-state index in [9.17, 15) is 9.59 Å². The highest BCUT2D eigenvalue weighted by Crippen LogP contribution is 2.15. The van der Waals surface area contributed by atoms with E-state index in [1.807, 2.05) is 0 Å². The van der Waals surface area contributed by atoms with E-state index in [2.05, 4.69) is 24.5 Å². The van der Waals surface area contributed by atoms with E-state index in [0.29, 0.717) is 42.5 Å². The largest absolute Gasteiger partial charge is 0.492 e. The van der Waals surface area contributed by atoms with Gasteiger partial charge in [0.15, 0.2) is 0 Å². The molecule has 8 heteroatoms. The number of ketones is 1. The predicted octanol–water partition coefficient (Wildman–Crippen LogP) is 0.859. The molecule has 8 nitrogen and oxygen atoms in total. The molecule has 1 aliphatic rings. The van der Waals surface area contributed by atoms with Gasteiger partial charge in [0, 0.05) is 32.5 Å². The quantitative estimate of drug-likeness (QED) is 0.788. The summed E-state index contributed by atoms with van der Waals surface area (Å²) in [6, 6.07) is 3.48. The first-order valence-corrected chi connectivity index (χ1v) is 7.60. The molecule has 0 spiro atoms.